The highest BCUT2D eigenvalue weighted by atomic mass is 79.9. The fraction of sp³-hybridized carbons (Fsp3) is 0.167. The van der Waals surface area contributed by atoms with Gasteiger partial charge in [0.15, 0.2) is 0 Å². The summed E-state index contributed by atoms with van der Waals surface area (Å²) in [6.07, 6.45) is 2.03. The minimum atomic E-state index is -3.44. The maximum absolute atomic E-state index is 11.0. The van der Waals surface area contributed by atoms with Gasteiger partial charge in [0.1, 0.15) is 4.60 Å². The van der Waals surface area contributed by atoms with Gasteiger partial charge in [0, 0.05) is 6.20 Å². The van der Waals surface area contributed by atoms with Crippen molar-refractivity contribution < 1.29 is 18.3 Å². The zero-order chi connectivity index (χ0) is 10.2. The van der Waals surface area contributed by atoms with E-state index in [1.807, 2.05) is 0 Å². The molecule has 0 fully saturated rings. The minimum Gasteiger partial charge on any atom is -0.478 e. The Balaban J connectivity index is 3.35. The highest BCUT2D eigenvalue weighted by molar-refractivity contribution is 9.10. The largest absolute Gasteiger partial charge is 0.478 e. The third kappa shape index (κ3) is 2.10. The Kier molecular flexibility index (Phi) is 2.49. The second kappa shape index (κ2) is 3.15. The van der Waals surface area contributed by atoms with Gasteiger partial charge in [-0.25, -0.2) is 17.2 Å². The first-order valence-corrected chi connectivity index (χ1v) is 5.78. The molecule has 0 aliphatic carbocycles. The normalized spacial score (nSPS) is 11.5. The van der Waals surface area contributed by atoms with E-state index < -0.39 is 16.0 Å². The molecule has 0 aromatic carbocycles. The second-order valence-electron chi connectivity index (χ2n) is 2.42. The number of hydrogen-bond acceptors (Lipinski definition) is 3. The number of hydrogen-bond donors (Lipinski definition) is 1. The molecule has 72 valence electrons. The van der Waals surface area contributed by atoms with Crippen LogP contribution in [0.15, 0.2) is 16.9 Å². The van der Waals surface area contributed by atoms with Gasteiger partial charge < -0.3 is 5.11 Å². The summed E-state index contributed by atoms with van der Waals surface area (Å²) in [5.41, 5.74) is -0.0719. The molecule has 0 amide bonds. The lowest BCUT2D eigenvalue weighted by Crippen LogP contribution is -2.08. The number of carbonyl (C=O) groups is 1. The van der Waals surface area contributed by atoms with Crippen LogP contribution in [0.25, 0.3) is 0 Å². The van der Waals surface area contributed by atoms with E-state index in [2.05, 4.69) is 15.9 Å². The second-order valence-corrected chi connectivity index (χ2v) is 5.09. The van der Waals surface area contributed by atoms with E-state index in [1.165, 1.54) is 6.07 Å². The van der Waals surface area contributed by atoms with Crippen LogP contribution < -0.4 is 0 Å². The van der Waals surface area contributed by atoms with Gasteiger partial charge in [0.2, 0.25) is 10.0 Å². The third-order valence-electron chi connectivity index (χ3n) is 1.35. The average Bonchev–Trinajstić information content (AvgIpc) is 2.29. The van der Waals surface area contributed by atoms with E-state index in [0.29, 0.717) is 0 Å². The molecule has 0 aliphatic rings. The molecule has 7 heteroatoms. The highest BCUT2D eigenvalue weighted by Gasteiger charge is 2.14. The van der Waals surface area contributed by atoms with Crippen LogP contribution in [0.2, 0.25) is 0 Å². The van der Waals surface area contributed by atoms with Gasteiger partial charge in [-0.2, -0.15) is 0 Å². The number of halogens is 1. The molecule has 1 rings (SSSR count). The van der Waals surface area contributed by atoms with Gasteiger partial charge in [0.25, 0.3) is 0 Å². The molecule has 1 aromatic heterocycles. The number of nitrogens with zero attached hydrogens (tertiary/aromatic N) is 1. The molecule has 0 bridgehead atoms. The highest BCUT2D eigenvalue weighted by Crippen LogP contribution is 2.16. The van der Waals surface area contributed by atoms with Crippen LogP contribution in [-0.4, -0.2) is 29.7 Å². The van der Waals surface area contributed by atoms with Gasteiger partial charge in [-0.05, 0) is 22.0 Å². The molecule has 0 radical (unpaired) electrons. The van der Waals surface area contributed by atoms with Gasteiger partial charge in [-0.1, -0.05) is 0 Å². The lowest BCUT2D eigenvalue weighted by molar-refractivity contribution is 0.0697. The Morgan fingerprint density at radius 3 is 2.38 bits per heavy atom. The number of aromatic nitrogens is 1. The number of carboxylic acid groups (broad SMARTS) is 1. The summed E-state index contributed by atoms with van der Waals surface area (Å²) in [6, 6.07) is 1.23. The Morgan fingerprint density at radius 1 is 1.62 bits per heavy atom. The predicted octanol–water partition coefficient (Wildman–Crippen LogP) is 0.756. The molecule has 1 heterocycles. The van der Waals surface area contributed by atoms with E-state index in [0.717, 1.165) is 16.4 Å². The molecule has 5 nitrogen and oxygen atoms in total. The van der Waals surface area contributed by atoms with Gasteiger partial charge >= 0.3 is 5.97 Å². The molecule has 0 saturated heterocycles. The molecule has 0 spiro atoms. The van der Waals surface area contributed by atoms with Crippen molar-refractivity contribution in [1.82, 2.24) is 3.97 Å². The van der Waals surface area contributed by atoms with E-state index in [1.54, 1.807) is 0 Å². The monoisotopic (exact) mass is 267 g/mol. The Bertz CT molecular complexity index is 447. The summed E-state index contributed by atoms with van der Waals surface area (Å²) in [7, 11) is -3.44. The maximum atomic E-state index is 11.0. The standard InChI is InChI=1S/C6H6BrNO4S/c1-13(11,12)8-3-4(6(9)10)2-5(8)7/h2-3H,1H3,(H,9,10). The summed E-state index contributed by atoms with van der Waals surface area (Å²) < 4.78 is 23.1. The summed E-state index contributed by atoms with van der Waals surface area (Å²) in [6.45, 7) is 0. The number of aromatic carboxylic acids is 1. The maximum Gasteiger partial charge on any atom is 0.337 e. The minimum absolute atomic E-state index is 0.0719. The van der Waals surface area contributed by atoms with Crippen molar-refractivity contribution in [3.05, 3.63) is 22.4 Å². The summed E-state index contributed by atoms with van der Waals surface area (Å²) in [5, 5.41) is 8.56. The summed E-state index contributed by atoms with van der Waals surface area (Å²) >= 11 is 2.94. The average molecular weight is 268 g/mol. The van der Waals surface area contributed by atoms with Crippen LogP contribution >= 0.6 is 15.9 Å². The molecule has 0 aliphatic heterocycles. The zero-order valence-electron chi connectivity index (χ0n) is 6.56. The molecule has 0 atom stereocenters. The topological polar surface area (TPSA) is 76.4 Å². The molecule has 1 N–H and O–H groups in total. The number of carboxylic acids is 1. The van der Waals surface area contributed by atoms with Crippen molar-refractivity contribution in [3.63, 3.8) is 0 Å². The number of rotatable bonds is 2. The SMILES string of the molecule is CS(=O)(=O)n1cc(C(=O)O)cc1Br. The zero-order valence-corrected chi connectivity index (χ0v) is 8.96. The molecule has 0 saturated carbocycles. The van der Waals surface area contributed by atoms with Gasteiger partial charge in [-0.15, -0.1) is 0 Å². The molecular weight excluding hydrogens is 262 g/mol. The molecular formula is C6H6BrNO4S. The van der Waals surface area contributed by atoms with E-state index in [9.17, 15) is 13.2 Å². The van der Waals surface area contributed by atoms with Crippen LogP contribution in [0.1, 0.15) is 10.4 Å². The lowest BCUT2D eigenvalue weighted by atomic mass is 10.4. The van der Waals surface area contributed by atoms with Crippen molar-refractivity contribution in [1.29, 1.82) is 0 Å². The van der Waals surface area contributed by atoms with Crippen LogP contribution in [-0.2, 0) is 10.0 Å². The first-order valence-electron chi connectivity index (χ1n) is 3.14. The van der Waals surface area contributed by atoms with Crippen molar-refractivity contribution in [2.24, 2.45) is 0 Å². The summed E-state index contributed by atoms with van der Waals surface area (Å²) in [4.78, 5) is 10.5. The van der Waals surface area contributed by atoms with Crippen LogP contribution in [0.4, 0.5) is 0 Å². The fourth-order valence-electron chi connectivity index (χ4n) is 0.788. The van der Waals surface area contributed by atoms with E-state index in [4.69, 9.17) is 5.11 Å². The van der Waals surface area contributed by atoms with E-state index >= 15 is 0 Å². The van der Waals surface area contributed by atoms with Crippen molar-refractivity contribution in [2.45, 2.75) is 0 Å². The fourth-order valence-corrected chi connectivity index (χ4v) is 2.60. The molecule has 0 unspecified atom stereocenters. The lowest BCUT2D eigenvalue weighted by Gasteiger charge is -1.98. The third-order valence-corrected chi connectivity index (χ3v) is 3.21. The first kappa shape index (κ1) is 10.3. The Morgan fingerprint density at radius 2 is 2.15 bits per heavy atom. The van der Waals surface area contributed by atoms with Crippen molar-refractivity contribution in [3.8, 4) is 0 Å². The smallest absolute Gasteiger partial charge is 0.337 e. The van der Waals surface area contributed by atoms with Crippen LogP contribution in [0.3, 0.4) is 0 Å². The predicted molar refractivity (Wildman–Crippen MR) is 49.3 cm³/mol. The van der Waals surface area contributed by atoms with Crippen molar-refractivity contribution in [2.75, 3.05) is 6.26 Å². The quantitative estimate of drug-likeness (QED) is 0.858. The van der Waals surface area contributed by atoms with Crippen molar-refractivity contribution >= 4 is 31.9 Å². The Hall–Kier alpha value is -0.820. The van der Waals surface area contributed by atoms with Crippen LogP contribution in [0, 0.1) is 0 Å². The van der Waals surface area contributed by atoms with Gasteiger partial charge in [-0.3, -0.25) is 0 Å². The van der Waals surface area contributed by atoms with E-state index in [-0.39, 0.29) is 10.2 Å². The molecule has 1 aromatic rings. The summed E-state index contributed by atoms with van der Waals surface area (Å²) in [5.74, 6) is -1.16. The van der Waals surface area contributed by atoms with Gasteiger partial charge in [0.05, 0.1) is 11.8 Å². The Labute approximate surface area is 83.2 Å². The first-order chi connectivity index (χ1) is 5.82. The molecule has 13 heavy (non-hydrogen) atoms. The van der Waals surface area contributed by atoms with Crippen LogP contribution in [0.5, 0.6) is 0 Å².